The standard InChI is InChI=1S/C22H15NO8/c1-2-26-21(24)18-17(20-22(25)31-20)15(10-3-5-12-14(7-10)29-8-27-12)16-11(23-18)4-6-13-19(16)30-9-28-13/h3-7,20H,2,8-9H2,1H3. The molecule has 4 heterocycles. The van der Waals surface area contributed by atoms with Crippen LogP contribution in [0.1, 0.15) is 29.1 Å². The number of ether oxygens (including phenoxy) is 6. The number of carbonyl (C=O) groups excluding carboxylic acids is 2. The SMILES string of the molecule is CCOC(=O)c1nc2ccc3c(c2c(-c2ccc4c(c2)OCO4)c1C1OC1=O)OCO3. The van der Waals surface area contributed by atoms with Crippen molar-refractivity contribution in [3.05, 3.63) is 41.6 Å². The first-order valence-corrected chi connectivity index (χ1v) is 9.69. The topological polar surface area (TPSA) is 106 Å². The molecule has 0 radical (unpaired) electrons. The lowest BCUT2D eigenvalue weighted by Crippen LogP contribution is -2.13. The molecule has 1 unspecified atom stereocenters. The molecule has 0 saturated carbocycles. The van der Waals surface area contributed by atoms with Gasteiger partial charge in [0.2, 0.25) is 19.7 Å². The maximum absolute atomic E-state index is 12.8. The molecule has 0 amide bonds. The first kappa shape index (κ1) is 17.8. The van der Waals surface area contributed by atoms with Gasteiger partial charge in [0.05, 0.1) is 17.5 Å². The molecule has 3 aliphatic heterocycles. The summed E-state index contributed by atoms with van der Waals surface area (Å²) in [6.07, 6.45) is -0.921. The van der Waals surface area contributed by atoms with Gasteiger partial charge in [0.1, 0.15) is 0 Å². The summed E-state index contributed by atoms with van der Waals surface area (Å²) < 4.78 is 32.6. The van der Waals surface area contributed by atoms with Crippen molar-refractivity contribution in [1.29, 1.82) is 0 Å². The molecule has 6 rings (SSSR count). The van der Waals surface area contributed by atoms with E-state index in [0.717, 1.165) is 0 Å². The number of nitrogens with zero attached hydrogens (tertiary/aromatic N) is 1. The lowest BCUT2D eigenvalue weighted by Gasteiger charge is -2.16. The lowest BCUT2D eigenvalue weighted by molar-refractivity contribution is -0.117. The van der Waals surface area contributed by atoms with Crippen molar-refractivity contribution in [1.82, 2.24) is 4.98 Å². The number of pyridine rings is 1. The zero-order chi connectivity index (χ0) is 21.1. The smallest absolute Gasteiger partial charge is 0.357 e. The predicted octanol–water partition coefficient (Wildman–Crippen LogP) is 3.13. The molecule has 0 bridgehead atoms. The third-order valence-electron chi connectivity index (χ3n) is 5.31. The lowest BCUT2D eigenvalue weighted by atomic mass is 9.91. The maximum Gasteiger partial charge on any atom is 0.357 e. The molecule has 1 atom stereocenters. The van der Waals surface area contributed by atoms with Crippen LogP contribution in [-0.2, 0) is 14.3 Å². The van der Waals surface area contributed by atoms with E-state index in [4.69, 9.17) is 28.4 Å². The summed E-state index contributed by atoms with van der Waals surface area (Å²) in [5.41, 5.74) is 2.11. The van der Waals surface area contributed by atoms with Gasteiger partial charge >= 0.3 is 11.9 Å². The largest absolute Gasteiger partial charge is 0.461 e. The molecule has 1 saturated heterocycles. The van der Waals surface area contributed by atoms with Gasteiger partial charge in [0.25, 0.3) is 0 Å². The van der Waals surface area contributed by atoms with Crippen LogP contribution in [0, 0.1) is 0 Å². The van der Waals surface area contributed by atoms with Crippen molar-refractivity contribution >= 4 is 22.8 Å². The number of epoxide rings is 1. The van der Waals surface area contributed by atoms with Crippen LogP contribution in [0.4, 0.5) is 0 Å². The quantitative estimate of drug-likeness (QED) is 0.464. The number of hydrogen-bond acceptors (Lipinski definition) is 9. The van der Waals surface area contributed by atoms with E-state index in [2.05, 4.69) is 4.98 Å². The number of fused-ring (bicyclic) bond motifs is 4. The van der Waals surface area contributed by atoms with Crippen LogP contribution in [0.25, 0.3) is 22.0 Å². The van der Waals surface area contributed by atoms with E-state index in [9.17, 15) is 9.59 Å². The van der Waals surface area contributed by atoms with Gasteiger partial charge in [-0.05, 0) is 36.8 Å². The summed E-state index contributed by atoms with van der Waals surface area (Å²) in [6, 6.07) is 8.85. The summed E-state index contributed by atoms with van der Waals surface area (Å²) in [4.78, 5) is 29.4. The van der Waals surface area contributed by atoms with Crippen molar-refractivity contribution in [3.8, 4) is 34.1 Å². The Kier molecular flexibility index (Phi) is 3.73. The number of cyclic esters (lactones) is 1. The molecule has 1 aromatic heterocycles. The van der Waals surface area contributed by atoms with E-state index in [1.54, 1.807) is 31.2 Å². The monoisotopic (exact) mass is 421 g/mol. The minimum atomic E-state index is -0.921. The van der Waals surface area contributed by atoms with Crippen LogP contribution in [-0.4, -0.2) is 37.1 Å². The molecular weight excluding hydrogens is 406 g/mol. The Bertz CT molecular complexity index is 1280. The van der Waals surface area contributed by atoms with Gasteiger partial charge in [-0.2, -0.15) is 0 Å². The van der Waals surface area contributed by atoms with E-state index >= 15 is 0 Å². The fourth-order valence-electron chi connectivity index (χ4n) is 3.95. The van der Waals surface area contributed by atoms with Gasteiger partial charge in [-0.1, -0.05) is 6.07 Å². The minimum Gasteiger partial charge on any atom is -0.461 e. The van der Waals surface area contributed by atoms with Crippen LogP contribution in [0.15, 0.2) is 30.3 Å². The van der Waals surface area contributed by atoms with Gasteiger partial charge in [-0.3, -0.25) is 0 Å². The molecule has 9 heteroatoms. The summed E-state index contributed by atoms with van der Waals surface area (Å²) in [5, 5.41) is 0.611. The Morgan fingerprint density at radius 3 is 2.61 bits per heavy atom. The number of carbonyl (C=O) groups is 2. The summed E-state index contributed by atoms with van der Waals surface area (Å²) in [7, 11) is 0. The molecule has 156 valence electrons. The van der Waals surface area contributed by atoms with Crippen molar-refractivity contribution < 1.29 is 38.0 Å². The van der Waals surface area contributed by atoms with Crippen LogP contribution < -0.4 is 18.9 Å². The van der Waals surface area contributed by atoms with Gasteiger partial charge in [-0.15, -0.1) is 0 Å². The second-order valence-corrected chi connectivity index (χ2v) is 7.05. The van der Waals surface area contributed by atoms with Crippen LogP contribution >= 0.6 is 0 Å². The van der Waals surface area contributed by atoms with E-state index in [-0.39, 0.29) is 25.9 Å². The van der Waals surface area contributed by atoms with E-state index in [1.165, 1.54) is 0 Å². The zero-order valence-corrected chi connectivity index (χ0v) is 16.3. The van der Waals surface area contributed by atoms with Crippen LogP contribution in [0.5, 0.6) is 23.0 Å². The van der Waals surface area contributed by atoms with Crippen molar-refractivity contribution in [2.75, 3.05) is 20.2 Å². The van der Waals surface area contributed by atoms with Crippen LogP contribution in [0.3, 0.4) is 0 Å². The van der Waals surface area contributed by atoms with E-state index in [1.807, 2.05) is 6.07 Å². The highest BCUT2D eigenvalue weighted by Crippen LogP contribution is 2.50. The number of esters is 1. The van der Waals surface area contributed by atoms with Crippen LogP contribution in [0.2, 0.25) is 0 Å². The summed E-state index contributed by atoms with van der Waals surface area (Å²) in [6.45, 7) is 2.04. The molecule has 9 nitrogen and oxygen atoms in total. The molecule has 3 aliphatic rings. The van der Waals surface area contributed by atoms with Gasteiger partial charge < -0.3 is 28.4 Å². The molecule has 1 fully saturated rings. The molecule has 31 heavy (non-hydrogen) atoms. The normalized spacial score (nSPS) is 17.6. The molecule has 0 N–H and O–H groups in total. The fraction of sp³-hybridized carbons (Fsp3) is 0.227. The van der Waals surface area contributed by atoms with Gasteiger partial charge in [0.15, 0.2) is 28.7 Å². The number of hydrogen-bond donors (Lipinski definition) is 0. The molecule has 2 aromatic carbocycles. The third-order valence-corrected chi connectivity index (χ3v) is 5.31. The second kappa shape index (κ2) is 6.49. The Morgan fingerprint density at radius 2 is 1.81 bits per heavy atom. The summed E-state index contributed by atoms with van der Waals surface area (Å²) >= 11 is 0. The molecule has 3 aromatic rings. The number of benzene rings is 2. The fourth-order valence-corrected chi connectivity index (χ4v) is 3.95. The Hall–Kier alpha value is -4.01. The molecule has 0 aliphatic carbocycles. The predicted molar refractivity (Wildman–Crippen MR) is 104 cm³/mol. The first-order valence-electron chi connectivity index (χ1n) is 9.69. The highest BCUT2D eigenvalue weighted by atomic mass is 16.7. The third kappa shape index (κ3) is 2.66. The molecule has 0 spiro atoms. The maximum atomic E-state index is 12.8. The number of rotatable bonds is 4. The Labute approximate surface area is 175 Å². The van der Waals surface area contributed by atoms with Crippen molar-refractivity contribution in [2.45, 2.75) is 13.0 Å². The Morgan fingerprint density at radius 1 is 1.06 bits per heavy atom. The Balaban J connectivity index is 1.72. The van der Waals surface area contributed by atoms with Gasteiger partial charge in [0, 0.05) is 11.1 Å². The molecular formula is C22H15NO8. The second-order valence-electron chi connectivity index (χ2n) is 7.05. The van der Waals surface area contributed by atoms with Crippen molar-refractivity contribution in [2.24, 2.45) is 0 Å². The van der Waals surface area contributed by atoms with E-state index in [0.29, 0.717) is 50.6 Å². The average molecular weight is 421 g/mol. The number of aromatic nitrogens is 1. The van der Waals surface area contributed by atoms with Gasteiger partial charge in [-0.25, -0.2) is 14.6 Å². The minimum absolute atomic E-state index is 0.0248. The summed E-state index contributed by atoms with van der Waals surface area (Å²) in [5.74, 6) is 1.12. The first-order chi connectivity index (χ1) is 15.2. The highest BCUT2D eigenvalue weighted by Gasteiger charge is 2.46. The zero-order valence-electron chi connectivity index (χ0n) is 16.3. The highest BCUT2D eigenvalue weighted by molar-refractivity contribution is 6.09. The van der Waals surface area contributed by atoms with E-state index < -0.39 is 18.0 Å². The van der Waals surface area contributed by atoms with Crippen molar-refractivity contribution in [3.63, 3.8) is 0 Å². The average Bonchev–Trinajstić information content (AvgIpc) is 3.17.